The molecule has 0 saturated heterocycles. The number of rotatable bonds is 6. The summed E-state index contributed by atoms with van der Waals surface area (Å²) in [5.74, 6) is 0. The van der Waals surface area contributed by atoms with E-state index in [9.17, 15) is 14.2 Å². The molecule has 4 atom stereocenters. The van der Waals surface area contributed by atoms with Crippen molar-refractivity contribution < 1.29 is 32.3 Å². The van der Waals surface area contributed by atoms with Gasteiger partial charge in [0.15, 0.2) is 0 Å². The molecule has 1 aliphatic rings. The number of aliphatic hydroxyl groups is 1. The summed E-state index contributed by atoms with van der Waals surface area (Å²) in [6.45, 7) is -6.89. The van der Waals surface area contributed by atoms with Crippen molar-refractivity contribution >= 4 is 38.1 Å². The Kier molecular flexibility index (Phi) is 6.91. The lowest BCUT2D eigenvalue weighted by molar-refractivity contribution is -0.00992. The maximum absolute atomic E-state index is 11.6. The van der Waals surface area contributed by atoms with E-state index in [1.807, 2.05) is 0 Å². The first kappa shape index (κ1) is 18.0. The molecule has 1 N–H and O–H groups in total. The summed E-state index contributed by atoms with van der Waals surface area (Å²) in [6.07, 6.45) is -1.02. The monoisotopic (exact) mass is 352 g/mol. The molecule has 11 heteroatoms. The summed E-state index contributed by atoms with van der Waals surface area (Å²) in [5, 5.41) is 9.72. The molecule has 0 spiro atoms. The van der Waals surface area contributed by atoms with Gasteiger partial charge in [0.2, 0.25) is 0 Å². The van der Waals surface area contributed by atoms with Crippen molar-refractivity contribution in [2.75, 3.05) is 14.2 Å². The van der Waals surface area contributed by atoms with Gasteiger partial charge in [0.05, 0.1) is 18.3 Å². The van der Waals surface area contributed by atoms with E-state index in [2.05, 4.69) is 33.5 Å². The van der Waals surface area contributed by atoms with Crippen LogP contribution in [0.2, 0.25) is 0 Å². The molecule has 114 valence electrons. The van der Waals surface area contributed by atoms with Crippen molar-refractivity contribution in [2.45, 2.75) is 37.6 Å². The summed E-state index contributed by atoms with van der Waals surface area (Å²) in [4.78, 5) is 0. The maximum Gasteiger partial charge on any atom is 0.386 e. The van der Waals surface area contributed by atoms with Crippen LogP contribution in [0.1, 0.15) is 19.3 Å². The predicted molar refractivity (Wildman–Crippen MR) is 76.8 cm³/mol. The quantitative estimate of drug-likeness (QED) is 0.500. The van der Waals surface area contributed by atoms with Crippen molar-refractivity contribution in [3.05, 3.63) is 0 Å². The Labute approximate surface area is 122 Å². The van der Waals surface area contributed by atoms with E-state index in [4.69, 9.17) is 9.05 Å². The first-order valence-electron chi connectivity index (χ1n) is 5.49. The summed E-state index contributed by atoms with van der Waals surface area (Å²) >= 11 is 7.51. The van der Waals surface area contributed by atoms with Crippen LogP contribution in [0.3, 0.4) is 0 Å². The Balaban J connectivity index is 2.63. The van der Waals surface area contributed by atoms with Crippen LogP contribution < -0.4 is 0 Å². The average Bonchev–Trinajstić information content (AvgIpc) is 2.27. The molecular formula is C8H18O7P2S2. The largest absolute Gasteiger partial charge is 0.393 e. The van der Waals surface area contributed by atoms with Gasteiger partial charge in [-0.05, 0) is 0 Å². The second-order valence-electron chi connectivity index (χ2n) is 4.12. The Morgan fingerprint density at radius 3 is 1.63 bits per heavy atom. The van der Waals surface area contributed by atoms with Gasteiger partial charge in [-0.3, -0.25) is 9.05 Å². The fraction of sp³-hybridized carbons (Fsp3) is 1.00. The van der Waals surface area contributed by atoms with Gasteiger partial charge in [-0.1, -0.05) is 24.5 Å². The Morgan fingerprint density at radius 1 is 0.947 bits per heavy atom. The van der Waals surface area contributed by atoms with Gasteiger partial charge in [0, 0.05) is 33.5 Å². The molecule has 19 heavy (non-hydrogen) atoms. The third-order valence-electron chi connectivity index (χ3n) is 2.62. The topological polar surface area (TPSA) is 91.3 Å². The Morgan fingerprint density at radius 2 is 1.32 bits per heavy atom. The number of thiol groups is 2. The summed E-state index contributed by atoms with van der Waals surface area (Å²) in [7, 11) is 2.43. The molecule has 0 radical (unpaired) electrons. The van der Waals surface area contributed by atoms with Gasteiger partial charge >= 0.3 is 13.6 Å². The van der Waals surface area contributed by atoms with Crippen molar-refractivity contribution in [3.8, 4) is 0 Å². The Bertz CT molecular complexity index is 359. The molecule has 2 unspecified atom stereocenters. The average molecular weight is 352 g/mol. The van der Waals surface area contributed by atoms with Gasteiger partial charge in [0.1, 0.15) is 0 Å². The van der Waals surface area contributed by atoms with Gasteiger partial charge < -0.3 is 14.2 Å². The first-order chi connectivity index (χ1) is 8.67. The minimum atomic E-state index is -3.44. The molecule has 0 amide bonds. The van der Waals surface area contributed by atoms with Gasteiger partial charge in [-0.2, -0.15) is 0 Å². The number of hydrogen-bond donors (Lipinski definition) is 3. The van der Waals surface area contributed by atoms with E-state index in [1.54, 1.807) is 0 Å². The van der Waals surface area contributed by atoms with Crippen LogP contribution in [-0.4, -0.2) is 37.6 Å². The number of hydrogen-bond acceptors (Lipinski definition) is 7. The van der Waals surface area contributed by atoms with Gasteiger partial charge in [0.25, 0.3) is 0 Å². The van der Waals surface area contributed by atoms with E-state index in [-0.39, 0.29) is 12.8 Å². The van der Waals surface area contributed by atoms with Gasteiger partial charge in [-0.25, -0.2) is 9.13 Å². The molecule has 0 bridgehead atoms. The minimum Gasteiger partial charge on any atom is -0.393 e. The van der Waals surface area contributed by atoms with Crippen LogP contribution in [0.25, 0.3) is 0 Å². The van der Waals surface area contributed by atoms with Crippen LogP contribution in [-0.2, 0) is 27.2 Å². The molecule has 1 rings (SSSR count). The van der Waals surface area contributed by atoms with Crippen LogP contribution in [0.5, 0.6) is 0 Å². The zero-order valence-corrected chi connectivity index (χ0v) is 14.1. The normalized spacial score (nSPS) is 34.5. The molecule has 0 aliphatic heterocycles. The highest BCUT2D eigenvalue weighted by molar-refractivity contribution is 8.44. The molecule has 0 aromatic rings. The third-order valence-corrected chi connectivity index (χ3v) is 6.22. The molecule has 1 fully saturated rings. The highest BCUT2D eigenvalue weighted by Crippen LogP contribution is 2.57. The van der Waals surface area contributed by atoms with E-state index in [0.29, 0.717) is 6.42 Å². The molecule has 1 saturated carbocycles. The van der Waals surface area contributed by atoms with E-state index < -0.39 is 31.9 Å². The molecule has 0 heterocycles. The summed E-state index contributed by atoms with van der Waals surface area (Å²) in [6, 6.07) is 0. The predicted octanol–water partition coefficient (Wildman–Crippen LogP) is 2.67. The second-order valence-corrected chi connectivity index (χ2v) is 10.1. The SMILES string of the molecule is COP(=O)(S)O[C@@H]1CC(O)C[C@@H](OP(=O)(S)OC)C1. The van der Waals surface area contributed by atoms with E-state index >= 15 is 0 Å². The zero-order chi connectivity index (χ0) is 14.7. The molecule has 1 aliphatic carbocycles. The zero-order valence-electron chi connectivity index (χ0n) is 10.5. The van der Waals surface area contributed by atoms with Crippen LogP contribution in [0.15, 0.2) is 0 Å². The van der Waals surface area contributed by atoms with Crippen molar-refractivity contribution in [2.24, 2.45) is 0 Å². The van der Waals surface area contributed by atoms with Crippen molar-refractivity contribution in [1.82, 2.24) is 0 Å². The fourth-order valence-corrected chi connectivity index (χ4v) is 3.89. The summed E-state index contributed by atoms with van der Waals surface area (Å²) < 4.78 is 42.8. The molecular weight excluding hydrogens is 334 g/mol. The van der Waals surface area contributed by atoms with Crippen LogP contribution >= 0.6 is 38.1 Å². The lowest BCUT2D eigenvalue weighted by Gasteiger charge is -2.33. The fourth-order valence-electron chi connectivity index (χ4n) is 1.82. The van der Waals surface area contributed by atoms with Gasteiger partial charge in [-0.15, -0.1) is 0 Å². The smallest absolute Gasteiger partial charge is 0.386 e. The summed E-state index contributed by atoms with van der Waals surface area (Å²) in [5.41, 5.74) is 0. The molecule has 0 aromatic carbocycles. The van der Waals surface area contributed by atoms with Crippen molar-refractivity contribution in [1.29, 1.82) is 0 Å². The van der Waals surface area contributed by atoms with E-state index in [0.717, 1.165) is 0 Å². The highest BCUT2D eigenvalue weighted by Gasteiger charge is 2.36. The molecule has 0 aromatic heterocycles. The van der Waals surface area contributed by atoms with Crippen LogP contribution in [0, 0.1) is 0 Å². The lowest BCUT2D eigenvalue weighted by atomic mass is 9.93. The third kappa shape index (κ3) is 6.50. The maximum atomic E-state index is 11.6. The lowest BCUT2D eigenvalue weighted by Crippen LogP contribution is -2.34. The number of aliphatic hydroxyl groups excluding tert-OH is 1. The van der Waals surface area contributed by atoms with E-state index in [1.165, 1.54) is 14.2 Å². The van der Waals surface area contributed by atoms with Crippen LogP contribution in [0.4, 0.5) is 0 Å². The standard InChI is InChI=1S/C8H18O7P2S2/c1-12-16(10,18)14-7-3-6(9)4-8(5-7)15-17(11,19)13-2/h6-9H,3-5H2,1-2H3,(H,10,18)(H,11,19)/t6?,7-,8-,16?,17?/m1/s1. The highest BCUT2D eigenvalue weighted by atomic mass is 32.7. The Hall–Kier alpha value is 0.960. The second kappa shape index (κ2) is 7.29. The van der Waals surface area contributed by atoms with Crippen molar-refractivity contribution in [3.63, 3.8) is 0 Å². The first-order valence-corrected chi connectivity index (χ1v) is 10.9. The molecule has 7 nitrogen and oxygen atoms in total. The minimum absolute atomic E-state index is 0.275.